The lowest BCUT2D eigenvalue weighted by Crippen LogP contribution is -2.36. The van der Waals surface area contributed by atoms with E-state index in [0.717, 1.165) is 19.3 Å². The molecule has 9 nitrogen and oxygen atoms in total. The first-order chi connectivity index (χ1) is 11.7. The van der Waals surface area contributed by atoms with Crippen LogP contribution in [0.1, 0.15) is 32.4 Å². The van der Waals surface area contributed by atoms with E-state index in [4.69, 9.17) is 15.2 Å². The quantitative estimate of drug-likeness (QED) is 0.613. The number of imidazole rings is 1. The second-order valence-corrected chi connectivity index (χ2v) is 5.86. The lowest BCUT2D eigenvalue weighted by Gasteiger charge is -2.20. The zero-order valence-corrected chi connectivity index (χ0v) is 13.6. The molecule has 0 aromatic carbocycles. The molecule has 1 aliphatic rings. The van der Waals surface area contributed by atoms with Crippen molar-refractivity contribution < 1.29 is 19.7 Å². The summed E-state index contributed by atoms with van der Waals surface area (Å²) in [6.45, 7) is 2.38. The van der Waals surface area contributed by atoms with Crippen LogP contribution in [-0.4, -0.2) is 61.3 Å². The van der Waals surface area contributed by atoms with Crippen LogP contribution in [0.4, 0.5) is 5.82 Å². The molecular formula is C15H23N5O4. The molecule has 0 radical (unpaired) electrons. The van der Waals surface area contributed by atoms with Gasteiger partial charge in [0.15, 0.2) is 17.7 Å². The molecular weight excluding hydrogens is 314 g/mol. The minimum absolute atomic E-state index is 0.240. The fraction of sp³-hybridized carbons (Fsp3) is 0.667. The molecule has 0 bridgehead atoms. The first-order valence-corrected chi connectivity index (χ1v) is 8.16. The molecule has 2 aromatic heterocycles. The molecule has 9 heteroatoms. The Hall–Kier alpha value is -1.81. The lowest BCUT2D eigenvalue weighted by atomic mass is 10.1. The molecule has 3 heterocycles. The van der Waals surface area contributed by atoms with E-state index in [0.29, 0.717) is 17.8 Å². The maximum Gasteiger partial charge on any atom is 0.167 e. The highest BCUT2D eigenvalue weighted by molar-refractivity contribution is 5.81. The normalized spacial score (nSPS) is 27.1. The lowest BCUT2D eigenvalue weighted by molar-refractivity contribution is -0.0609. The monoisotopic (exact) mass is 337 g/mol. The van der Waals surface area contributed by atoms with Crippen LogP contribution in [0.2, 0.25) is 0 Å². The molecule has 0 spiro atoms. The van der Waals surface area contributed by atoms with E-state index in [-0.39, 0.29) is 12.4 Å². The van der Waals surface area contributed by atoms with Crippen molar-refractivity contribution >= 4 is 17.0 Å². The minimum Gasteiger partial charge on any atom is -0.394 e. The van der Waals surface area contributed by atoms with Crippen LogP contribution in [0.25, 0.3) is 11.2 Å². The van der Waals surface area contributed by atoms with Crippen molar-refractivity contribution in [3.8, 4) is 0 Å². The van der Waals surface area contributed by atoms with Gasteiger partial charge in [-0.15, -0.1) is 0 Å². The Morgan fingerprint density at radius 3 is 2.92 bits per heavy atom. The Kier molecular flexibility index (Phi) is 5.24. The topological polar surface area (TPSA) is 129 Å². The summed E-state index contributed by atoms with van der Waals surface area (Å²) in [5.74, 6) is 0.261. The van der Waals surface area contributed by atoms with Crippen molar-refractivity contribution in [3.63, 3.8) is 0 Å². The Morgan fingerprint density at radius 2 is 2.17 bits per heavy atom. The zero-order valence-electron chi connectivity index (χ0n) is 13.6. The number of nitrogens with zero attached hydrogens (tertiary/aromatic N) is 4. The van der Waals surface area contributed by atoms with Gasteiger partial charge in [0, 0.05) is 6.61 Å². The van der Waals surface area contributed by atoms with E-state index >= 15 is 0 Å². The number of unbranched alkanes of at least 4 members (excludes halogenated alkanes) is 2. The summed E-state index contributed by atoms with van der Waals surface area (Å²) in [5, 5.41) is 20.2. The van der Waals surface area contributed by atoms with Gasteiger partial charge >= 0.3 is 0 Å². The Bertz CT molecular complexity index is 679. The van der Waals surface area contributed by atoms with Crippen LogP contribution in [0.3, 0.4) is 0 Å². The van der Waals surface area contributed by atoms with Crippen LogP contribution >= 0.6 is 0 Å². The maximum absolute atomic E-state index is 10.6. The van der Waals surface area contributed by atoms with Gasteiger partial charge in [-0.1, -0.05) is 19.8 Å². The molecule has 2 aromatic rings. The number of hydrogen-bond acceptors (Lipinski definition) is 8. The molecule has 3 rings (SSSR count). The van der Waals surface area contributed by atoms with Crippen molar-refractivity contribution in [1.82, 2.24) is 19.5 Å². The smallest absolute Gasteiger partial charge is 0.167 e. The van der Waals surface area contributed by atoms with Crippen molar-refractivity contribution in [1.29, 1.82) is 0 Å². The fourth-order valence-electron chi connectivity index (χ4n) is 2.93. The number of nitrogen functional groups attached to an aromatic ring is 1. The van der Waals surface area contributed by atoms with Crippen LogP contribution in [0.15, 0.2) is 12.7 Å². The second kappa shape index (κ2) is 7.39. The minimum atomic E-state index is -0.947. The van der Waals surface area contributed by atoms with Gasteiger partial charge in [-0.3, -0.25) is 4.57 Å². The second-order valence-electron chi connectivity index (χ2n) is 5.86. The first-order valence-electron chi connectivity index (χ1n) is 8.16. The van der Waals surface area contributed by atoms with Crippen molar-refractivity contribution in [2.45, 2.75) is 50.7 Å². The summed E-state index contributed by atoms with van der Waals surface area (Å²) < 4.78 is 13.1. The molecule has 0 aliphatic carbocycles. The van der Waals surface area contributed by atoms with Gasteiger partial charge in [0.05, 0.1) is 12.9 Å². The van der Waals surface area contributed by atoms with Gasteiger partial charge in [-0.05, 0) is 6.42 Å². The number of fused-ring (bicyclic) bond motifs is 1. The number of aliphatic hydroxyl groups is 2. The number of aliphatic hydroxyl groups excluding tert-OH is 2. The molecule has 0 saturated carbocycles. The number of rotatable bonds is 7. The molecule has 0 unspecified atom stereocenters. The van der Waals surface area contributed by atoms with E-state index < -0.39 is 24.5 Å². The van der Waals surface area contributed by atoms with Crippen LogP contribution < -0.4 is 5.73 Å². The third kappa shape index (κ3) is 3.07. The Labute approximate surface area is 139 Å². The van der Waals surface area contributed by atoms with Crippen LogP contribution in [0, 0.1) is 0 Å². The van der Waals surface area contributed by atoms with Gasteiger partial charge in [-0.25, -0.2) is 15.0 Å². The number of ether oxygens (including phenoxy) is 2. The van der Waals surface area contributed by atoms with Crippen LogP contribution in [0.5, 0.6) is 0 Å². The predicted octanol–water partition coefficient (Wildman–Crippen LogP) is 0.234. The molecule has 4 atom stereocenters. The number of hydrogen-bond donors (Lipinski definition) is 3. The molecule has 24 heavy (non-hydrogen) atoms. The van der Waals surface area contributed by atoms with E-state index in [1.165, 1.54) is 12.7 Å². The van der Waals surface area contributed by atoms with E-state index in [9.17, 15) is 10.2 Å². The van der Waals surface area contributed by atoms with E-state index in [1.54, 1.807) is 4.57 Å². The highest BCUT2D eigenvalue weighted by Gasteiger charge is 2.45. The van der Waals surface area contributed by atoms with Gasteiger partial charge in [-0.2, -0.15) is 0 Å². The maximum atomic E-state index is 10.6. The summed E-state index contributed by atoms with van der Waals surface area (Å²) in [5.41, 5.74) is 6.70. The van der Waals surface area contributed by atoms with Crippen molar-refractivity contribution in [3.05, 3.63) is 12.7 Å². The van der Waals surface area contributed by atoms with Gasteiger partial charge < -0.3 is 25.4 Å². The number of nitrogens with two attached hydrogens (primary N) is 1. The van der Waals surface area contributed by atoms with Crippen molar-refractivity contribution in [2.24, 2.45) is 0 Å². The van der Waals surface area contributed by atoms with E-state index in [1.807, 2.05) is 0 Å². The molecule has 1 fully saturated rings. The van der Waals surface area contributed by atoms with Crippen LogP contribution in [-0.2, 0) is 9.47 Å². The van der Waals surface area contributed by atoms with E-state index in [2.05, 4.69) is 21.9 Å². The number of anilines is 1. The van der Waals surface area contributed by atoms with Gasteiger partial charge in [0.2, 0.25) is 0 Å². The zero-order chi connectivity index (χ0) is 17.1. The Morgan fingerprint density at radius 1 is 1.33 bits per heavy atom. The SMILES string of the molecule is CCCCCO[C@H]1[C@H](O)[C@H](n2cnc3c(N)ncnc32)O[C@@H]1CO. The molecule has 132 valence electrons. The largest absolute Gasteiger partial charge is 0.394 e. The third-order valence-corrected chi connectivity index (χ3v) is 4.21. The molecule has 4 N–H and O–H groups in total. The highest BCUT2D eigenvalue weighted by Crippen LogP contribution is 2.33. The third-order valence-electron chi connectivity index (χ3n) is 4.21. The highest BCUT2D eigenvalue weighted by atomic mass is 16.6. The summed E-state index contributed by atoms with van der Waals surface area (Å²) in [6, 6.07) is 0. The number of aromatic nitrogens is 4. The standard InChI is InChI=1S/C15H23N5O4/c1-2-3-4-5-23-12-9(6-21)24-15(11(12)22)20-8-19-10-13(16)17-7-18-14(10)20/h7-9,11-12,15,21-22H,2-6H2,1H3,(H2,16,17,18)/t9-,11+,12-,15-/m1/s1. The molecule has 1 saturated heterocycles. The average molecular weight is 337 g/mol. The first kappa shape index (κ1) is 17.0. The van der Waals surface area contributed by atoms with Crippen molar-refractivity contribution in [2.75, 3.05) is 18.9 Å². The predicted molar refractivity (Wildman–Crippen MR) is 86.0 cm³/mol. The molecule has 1 aliphatic heterocycles. The average Bonchev–Trinajstić information content (AvgIpc) is 3.14. The summed E-state index contributed by atoms with van der Waals surface area (Å²) in [4.78, 5) is 12.2. The molecule has 0 amide bonds. The summed E-state index contributed by atoms with van der Waals surface area (Å²) >= 11 is 0. The Balaban J connectivity index is 1.79. The summed E-state index contributed by atoms with van der Waals surface area (Å²) in [6.07, 6.45) is 2.96. The summed E-state index contributed by atoms with van der Waals surface area (Å²) in [7, 11) is 0. The van der Waals surface area contributed by atoms with Gasteiger partial charge in [0.25, 0.3) is 0 Å². The fourth-order valence-corrected chi connectivity index (χ4v) is 2.93. The van der Waals surface area contributed by atoms with Gasteiger partial charge in [0.1, 0.15) is 30.2 Å².